The standard InChI is InChI=1S/C9H14N2O.C2H6/c1-9(2,12)8-5-7(6-10)3-4-11-8;1-2/h3-5,12H,6,10H2,1-2H3;1-2H3. The van der Waals surface area contributed by atoms with Crippen LogP contribution in [0.4, 0.5) is 0 Å². The fourth-order valence-corrected chi connectivity index (χ4v) is 0.936. The third-order valence-electron chi connectivity index (χ3n) is 1.69. The topological polar surface area (TPSA) is 59.1 Å². The summed E-state index contributed by atoms with van der Waals surface area (Å²) in [6.45, 7) is 7.89. The SMILES string of the molecule is CC.CC(C)(O)c1cc(CN)ccn1. The van der Waals surface area contributed by atoms with Gasteiger partial charge in [0.25, 0.3) is 0 Å². The molecule has 0 saturated heterocycles. The summed E-state index contributed by atoms with van der Waals surface area (Å²) in [6.07, 6.45) is 1.66. The van der Waals surface area contributed by atoms with Gasteiger partial charge in [-0.1, -0.05) is 13.8 Å². The molecule has 3 heteroatoms. The largest absolute Gasteiger partial charge is 0.384 e. The highest BCUT2D eigenvalue weighted by Gasteiger charge is 2.17. The Morgan fingerprint density at radius 1 is 1.43 bits per heavy atom. The molecule has 1 aromatic heterocycles. The average Bonchev–Trinajstić information content (AvgIpc) is 2.20. The van der Waals surface area contributed by atoms with E-state index in [0.29, 0.717) is 12.2 Å². The van der Waals surface area contributed by atoms with Gasteiger partial charge in [-0.15, -0.1) is 0 Å². The van der Waals surface area contributed by atoms with Crippen molar-refractivity contribution in [1.29, 1.82) is 0 Å². The van der Waals surface area contributed by atoms with Gasteiger partial charge >= 0.3 is 0 Å². The second kappa shape index (κ2) is 5.73. The van der Waals surface area contributed by atoms with E-state index in [-0.39, 0.29) is 0 Å². The molecule has 0 aliphatic heterocycles. The number of aliphatic hydroxyl groups is 1. The summed E-state index contributed by atoms with van der Waals surface area (Å²) >= 11 is 0. The van der Waals surface area contributed by atoms with Gasteiger partial charge in [0.15, 0.2) is 0 Å². The molecule has 3 N–H and O–H groups in total. The summed E-state index contributed by atoms with van der Waals surface area (Å²) in [5, 5.41) is 9.61. The fraction of sp³-hybridized carbons (Fsp3) is 0.545. The summed E-state index contributed by atoms with van der Waals surface area (Å²) in [7, 11) is 0. The van der Waals surface area contributed by atoms with E-state index in [9.17, 15) is 5.11 Å². The van der Waals surface area contributed by atoms with Crippen LogP contribution in [0.15, 0.2) is 18.3 Å². The summed E-state index contributed by atoms with van der Waals surface area (Å²) in [5.41, 5.74) is 6.21. The summed E-state index contributed by atoms with van der Waals surface area (Å²) < 4.78 is 0. The van der Waals surface area contributed by atoms with Gasteiger partial charge in [-0.3, -0.25) is 4.98 Å². The minimum absolute atomic E-state index is 0.478. The van der Waals surface area contributed by atoms with Gasteiger partial charge in [-0.05, 0) is 31.5 Å². The highest BCUT2D eigenvalue weighted by atomic mass is 16.3. The average molecular weight is 196 g/mol. The van der Waals surface area contributed by atoms with Crippen molar-refractivity contribution < 1.29 is 5.11 Å². The van der Waals surface area contributed by atoms with Crippen LogP contribution < -0.4 is 5.73 Å². The van der Waals surface area contributed by atoms with Crippen molar-refractivity contribution in [1.82, 2.24) is 4.98 Å². The molecule has 0 aliphatic rings. The zero-order valence-corrected chi connectivity index (χ0v) is 9.41. The number of nitrogens with zero attached hydrogens (tertiary/aromatic N) is 1. The van der Waals surface area contributed by atoms with E-state index in [1.165, 1.54) is 0 Å². The number of aromatic nitrogens is 1. The highest BCUT2D eigenvalue weighted by molar-refractivity contribution is 5.19. The minimum Gasteiger partial charge on any atom is -0.384 e. The van der Waals surface area contributed by atoms with E-state index in [1.54, 1.807) is 20.0 Å². The van der Waals surface area contributed by atoms with Crippen molar-refractivity contribution in [2.24, 2.45) is 5.73 Å². The van der Waals surface area contributed by atoms with Crippen LogP contribution in [-0.4, -0.2) is 10.1 Å². The Hall–Kier alpha value is -0.930. The van der Waals surface area contributed by atoms with Crippen LogP contribution >= 0.6 is 0 Å². The van der Waals surface area contributed by atoms with E-state index >= 15 is 0 Å². The van der Waals surface area contributed by atoms with Crippen LogP contribution in [0.3, 0.4) is 0 Å². The molecular weight excluding hydrogens is 176 g/mol. The Kier molecular flexibility index (Phi) is 5.35. The second-order valence-corrected chi connectivity index (χ2v) is 3.31. The molecule has 0 radical (unpaired) electrons. The number of hydrogen-bond acceptors (Lipinski definition) is 3. The van der Waals surface area contributed by atoms with Crippen LogP contribution in [-0.2, 0) is 12.1 Å². The van der Waals surface area contributed by atoms with Gasteiger partial charge in [0.05, 0.1) is 5.69 Å². The van der Waals surface area contributed by atoms with E-state index in [0.717, 1.165) is 5.56 Å². The molecular formula is C11H20N2O. The minimum atomic E-state index is -0.884. The van der Waals surface area contributed by atoms with Crippen molar-refractivity contribution in [3.63, 3.8) is 0 Å². The Labute approximate surface area is 86.0 Å². The monoisotopic (exact) mass is 196 g/mol. The molecule has 14 heavy (non-hydrogen) atoms. The smallest absolute Gasteiger partial charge is 0.101 e. The van der Waals surface area contributed by atoms with E-state index in [1.807, 2.05) is 26.0 Å². The molecule has 0 atom stereocenters. The molecule has 0 spiro atoms. The van der Waals surface area contributed by atoms with Gasteiger partial charge in [0.2, 0.25) is 0 Å². The van der Waals surface area contributed by atoms with Crippen molar-refractivity contribution in [2.45, 2.75) is 39.8 Å². The molecule has 0 unspecified atom stereocenters. The molecule has 1 rings (SSSR count). The first-order valence-electron chi connectivity index (χ1n) is 4.92. The third-order valence-corrected chi connectivity index (χ3v) is 1.69. The maximum atomic E-state index is 9.61. The molecule has 1 aromatic rings. The molecule has 1 heterocycles. The zero-order chi connectivity index (χ0) is 11.2. The molecule has 0 saturated carbocycles. The molecule has 0 bridgehead atoms. The van der Waals surface area contributed by atoms with Gasteiger partial charge in [0.1, 0.15) is 5.60 Å². The van der Waals surface area contributed by atoms with Crippen LogP contribution in [0.2, 0.25) is 0 Å². The maximum absolute atomic E-state index is 9.61. The predicted octanol–water partition coefficient (Wildman–Crippen LogP) is 1.79. The maximum Gasteiger partial charge on any atom is 0.101 e. The van der Waals surface area contributed by atoms with Crippen LogP contribution in [0.5, 0.6) is 0 Å². The molecule has 0 amide bonds. The zero-order valence-electron chi connectivity index (χ0n) is 9.41. The van der Waals surface area contributed by atoms with E-state index < -0.39 is 5.60 Å². The van der Waals surface area contributed by atoms with Gasteiger partial charge in [-0.25, -0.2) is 0 Å². The molecule has 80 valence electrons. The fourth-order valence-electron chi connectivity index (χ4n) is 0.936. The van der Waals surface area contributed by atoms with Gasteiger partial charge in [0, 0.05) is 12.7 Å². The normalized spacial score (nSPS) is 10.4. The van der Waals surface area contributed by atoms with Crippen molar-refractivity contribution >= 4 is 0 Å². The Morgan fingerprint density at radius 3 is 2.43 bits per heavy atom. The predicted molar refractivity (Wildman–Crippen MR) is 58.7 cm³/mol. The first-order chi connectivity index (χ1) is 6.54. The van der Waals surface area contributed by atoms with Gasteiger partial charge < -0.3 is 10.8 Å². The Balaban J connectivity index is 0.000000791. The number of nitrogens with two attached hydrogens (primary N) is 1. The Morgan fingerprint density at radius 2 is 2.00 bits per heavy atom. The number of rotatable bonds is 2. The summed E-state index contributed by atoms with van der Waals surface area (Å²) in [5.74, 6) is 0. The van der Waals surface area contributed by atoms with Crippen molar-refractivity contribution in [3.8, 4) is 0 Å². The first kappa shape index (κ1) is 13.1. The lowest BCUT2D eigenvalue weighted by Gasteiger charge is -2.16. The van der Waals surface area contributed by atoms with Crippen molar-refractivity contribution in [2.75, 3.05) is 0 Å². The molecule has 3 nitrogen and oxygen atoms in total. The van der Waals surface area contributed by atoms with Crippen LogP contribution in [0, 0.1) is 0 Å². The second-order valence-electron chi connectivity index (χ2n) is 3.31. The summed E-state index contributed by atoms with van der Waals surface area (Å²) in [6, 6.07) is 3.66. The lowest BCUT2D eigenvalue weighted by molar-refractivity contribution is 0.0737. The quantitative estimate of drug-likeness (QED) is 0.758. The van der Waals surface area contributed by atoms with Crippen LogP contribution in [0.1, 0.15) is 39.0 Å². The molecule has 0 fully saturated rings. The van der Waals surface area contributed by atoms with E-state index in [2.05, 4.69) is 4.98 Å². The Bertz CT molecular complexity index is 266. The number of hydrogen-bond donors (Lipinski definition) is 2. The third kappa shape index (κ3) is 3.85. The lowest BCUT2D eigenvalue weighted by atomic mass is 10.0. The van der Waals surface area contributed by atoms with E-state index in [4.69, 9.17) is 5.73 Å². The van der Waals surface area contributed by atoms with Crippen LogP contribution in [0.25, 0.3) is 0 Å². The number of pyridine rings is 1. The lowest BCUT2D eigenvalue weighted by Crippen LogP contribution is -2.17. The molecule has 0 aromatic carbocycles. The van der Waals surface area contributed by atoms with Crippen molar-refractivity contribution in [3.05, 3.63) is 29.6 Å². The first-order valence-corrected chi connectivity index (χ1v) is 4.92. The van der Waals surface area contributed by atoms with Gasteiger partial charge in [-0.2, -0.15) is 0 Å². The molecule has 0 aliphatic carbocycles. The summed E-state index contributed by atoms with van der Waals surface area (Å²) in [4.78, 5) is 4.05. The highest BCUT2D eigenvalue weighted by Crippen LogP contribution is 2.17.